The van der Waals surface area contributed by atoms with Gasteiger partial charge in [0.05, 0.1) is 49.1 Å². The number of rotatable bonds is 4. The molecule has 2 aliphatic heterocycles. The van der Waals surface area contributed by atoms with Crippen molar-refractivity contribution in [2.45, 2.75) is 50.6 Å². The van der Waals surface area contributed by atoms with Gasteiger partial charge in [-0.25, -0.2) is 13.6 Å². The lowest BCUT2D eigenvalue weighted by molar-refractivity contribution is -0.127. The number of piperazine rings is 1. The molecule has 1 amide bonds. The number of hydrogen-bond acceptors (Lipinski definition) is 7. The maximum Gasteiger partial charge on any atom is 0.354 e. The van der Waals surface area contributed by atoms with E-state index in [1.807, 2.05) is 25.7 Å². The molecule has 0 saturated carbocycles. The van der Waals surface area contributed by atoms with E-state index in [0.29, 0.717) is 40.7 Å². The van der Waals surface area contributed by atoms with Crippen molar-refractivity contribution in [2.75, 3.05) is 29.5 Å². The zero-order valence-electron chi connectivity index (χ0n) is 25.3. The first kappa shape index (κ1) is 32.6. The van der Waals surface area contributed by atoms with Crippen LogP contribution in [0, 0.1) is 18.6 Å². The standard InChI is InChI=1S/C32H29Cl3F2N6O2S/c1-6-19(44)41-10-15(5)42-16(11-41)12-46-30-22-29(25(37)20(23(30)35)21-24(36)17(33)9-18(34)26(21)38)43(32(45)40-31(22)42)28-14(4)7-8-39-27(28)13(2)3/h6-9,13,15-16H,1,10-12,38H2,2-5H3. The van der Waals surface area contributed by atoms with Gasteiger partial charge in [-0.1, -0.05) is 55.2 Å². The van der Waals surface area contributed by atoms with Crippen molar-refractivity contribution in [3.63, 3.8) is 0 Å². The van der Waals surface area contributed by atoms with E-state index in [1.54, 1.807) is 24.1 Å². The van der Waals surface area contributed by atoms with E-state index in [-0.39, 0.29) is 66.9 Å². The number of halogens is 5. The average molecular weight is 706 g/mol. The van der Waals surface area contributed by atoms with Gasteiger partial charge < -0.3 is 15.5 Å². The van der Waals surface area contributed by atoms with Crippen molar-refractivity contribution >= 4 is 74.9 Å². The third-order valence-electron chi connectivity index (χ3n) is 8.47. The van der Waals surface area contributed by atoms with E-state index in [2.05, 4.69) is 16.5 Å². The van der Waals surface area contributed by atoms with Crippen molar-refractivity contribution in [1.29, 1.82) is 0 Å². The van der Waals surface area contributed by atoms with E-state index in [1.165, 1.54) is 22.4 Å². The first-order valence-corrected chi connectivity index (χ1v) is 16.6. The third kappa shape index (κ3) is 4.94. The van der Waals surface area contributed by atoms with Crippen LogP contribution in [0.3, 0.4) is 0 Å². The molecule has 2 aliphatic rings. The lowest BCUT2D eigenvalue weighted by Gasteiger charge is -2.45. The zero-order chi connectivity index (χ0) is 33.4. The second-order valence-corrected chi connectivity index (χ2v) is 14.0. The normalized spacial score (nSPS) is 17.8. The number of pyridine rings is 1. The highest BCUT2D eigenvalue weighted by Gasteiger charge is 2.41. The Labute approximate surface area is 283 Å². The first-order valence-electron chi connectivity index (χ1n) is 14.5. The van der Waals surface area contributed by atoms with Crippen molar-refractivity contribution in [3.05, 3.63) is 79.4 Å². The number of benzene rings is 2. The Morgan fingerprint density at radius 2 is 1.89 bits per heavy atom. The predicted octanol–water partition coefficient (Wildman–Crippen LogP) is 7.40. The second-order valence-electron chi connectivity index (χ2n) is 11.7. The maximum atomic E-state index is 17.5. The summed E-state index contributed by atoms with van der Waals surface area (Å²) in [7, 11) is 0. The number of carbonyl (C=O) groups is 1. The minimum atomic E-state index is -1.01. The Morgan fingerprint density at radius 1 is 1.17 bits per heavy atom. The number of hydrogen-bond donors (Lipinski definition) is 1. The highest BCUT2D eigenvalue weighted by Crippen LogP contribution is 2.52. The highest BCUT2D eigenvalue weighted by molar-refractivity contribution is 7.99. The number of nitrogen functional groups attached to an aromatic ring is 1. The molecule has 0 aliphatic carbocycles. The van der Waals surface area contributed by atoms with Gasteiger partial charge >= 0.3 is 5.69 Å². The number of aromatic nitrogens is 3. The second kappa shape index (κ2) is 12.0. The summed E-state index contributed by atoms with van der Waals surface area (Å²) >= 11 is 20.8. The van der Waals surface area contributed by atoms with Gasteiger partial charge in [0.1, 0.15) is 5.82 Å². The van der Waals surface area contributed by atoms with Crippen LogP contribution in [0.2, 0.25) is 15.1 Å². The lowest BCUT2D eigenvalue weighted by Crippen LogP contribution is -2.60. The van der Waals surface area contributed by atoms with Crippen molar-refractivity contribution in [2.24, 2.45) is 0 Å². The number of aryl methyl sites for hydroxylation is 1. The molecule has 1 saturated heterocycles. The summed E-state index contributed by atoms with van der Waals surface area (Å²) in [5, 5.41) is -0.324. The molecule has 2 atom stereocenters. The molecule has 2 N–H and O–H groups in total. The Balaban J connectivity index is 1.80. The Hall–Kier alpha value is -3.38. The van der Waals surface area contributed by atoms with Crippen molar-refractivity contribution in [3.8, 4) is 16.8 Å². The van der Waals surface area contributed by atoms with Gasteiger partial charge in [-0.15, -0.1) is 11.8 Å². The monoisotopic (exact) mass is 704 g/mol. The van der Waals surface area contributed by atoms with Crippen LogP contribution in [0.25, 0.3) is 27.7 Å². The van der Waals surface area contributed by atoms with Crippen LogP contribution < -0.4 is 16.3 Å². The summed E-state index contributed by atoms with van der Waals surface area (Å²) in [4.78, 5) is 40.1. The molecule has 6 rings (SSSR count). The molecule has 46 heavy (non-hydrogen) atoms. The van der Waals surface area contributed by atoms with Gasteiger partial charge in [0.2, 0.25) is 5.91 Å². The van der Waals surface area contributed by atoms with Crippen LogP contribution >= 0.6 is 46.6 Å². The van der Waals surface area contributed by atoms with Crippen LogP contribution in [-0.4, -0.2) is 56.3 Å². The van der Waals surface area contributed by atoms with E-state index < -0.39 is 22.9 Å². The largest absolute Gasteiger partial charge is 0.397 e. The number of anilines is 2. The van der Waals surface area contributed by atoms with E-state index >= 15 is 8.78 Å². The van der Waals surface area contributed by atoms with E-state index in [9.17, 15) is 9.59 Å². The topological polar surface area (TPSA) is 97.4 Å². The molecule has 4 heterocycles. The van der Waals surface area contributed by atoms with Gasteiger partial charge in [0.15, 0.2) is 11.6 Å². The molecule has 2 unspecified atom stereocenters. The van der Waals surface area contributed by atoms with Gasteiger partial charge in [-0.2, -0.15) is 4.98 Å². The SMILES string of the molecule is C=CC(=O)N1CC(C)N2c3nc(=O)n(-c4c(C)ccnc4C(C)C)c4c(F)c(-c5c(N)c(Cl)cc(Cl)c5F)c(Cl)c(c34)SCC2C1. The summed E-state index contributed by atoms with van der Waals surface area (Å²) in [6.45, 7) is 11.8. The molecule has 1 fully saturated rings. The van der Waals surface area contributed by atoms with E-state index in [4.69, 9.17) is 40.5 Å². The predicted molar refractivity (Wildman–Crippen MR) is 182 cm³/mol. The Morgan fingerprint density at radius 3 is 2.57 bits per heavy atom. The first-order chi connectivity index (χ1) is 21.8. The quantitative estimate of drug-likeness (QED) is 0.134. The number of fused-ring (bicyclic) bond motifs is 2. The van der Waals surface area contributed by atoms with Gasteiger partial charge in [-0.05, 0) is 43.5 Å². The molecule has 0 radical (unpaired) electrons. The molecule has 2 aromatic carbocycles. The molecule has 2 aromatic heterocycles. The molecule has 14 heteroatoms. The summed E-state index contributed by atoms with van der Waals surface area (Å²) in [6, 6.07) is 2.22. The fourth-order valence-electron chi connectivity index (χ4n) is 6.44. The highest BCUT2D eigenvalue weighted by atomic mass is 35.5. The van der Waals surface area contributed by atoms with Crippen LogP contribution in [0.1, 0.15) is 37.9 Å². The summed E-state index contributed by atoms with van der Waals surface area (Å²) in [5.41, 5.74) is 5.82. The molecule has 0 spiro atoms. The molecular weight excluding hydrogens is 677 g/mol. The van der Waals surface area contributed by atoms with Gasteiger partial charge in [-0.3, -0.25) is 14.3 Å². The Kier molecular flexibility index (Phi) is 8.50. The third-order valence-corrected chi connectivity index (χ3v) is 10.8. The van der Waals surface area contributed by atoms with Crippen LogP contribution in [0.5, 0.6) is 0 Å². The number of carbonyl (C=O) groups excluding carboxylic acids is 1. The molecule has 4 aromatic rings. The maximum absolute atomic E-state index is 17.5. The zero-order valence-corrected chi connectivity index (χ0v) is 28.4. The summed E-state index contributed by atoms with van der Waals surface area (Å²) < 4.78 is 34.6. The average Bonchev–Trinajstić information content (AvgIpc) is 3.17. The van der Waals surface area contributed by atoms with Crippen molar-refractivity contribution < 1.29 is 13.6 Å². The van der Waals surface area contributed by atoms with Crippen molar-refractivity contribution in [1.82, 2.24) is 19.4 Å². The lowest BCUT2D eigenvalue weighted by atomic mass is 9.98. The molecule has 0 bridgehead atoms. The number of thioether (sulfide) groups is 1. The fourth-order valence-corrected chi connectivity index (χ4v) is 8.52. The smallest absolute Gasteiger partial charge is 0.354 e. The van der Waals surface area contributed by atoms with Gasteiger partial charge in [0, 0.05) is 47.1 Å². The number of nitrogens with zero attached hydrogens (tertiary/aromatic N) is 5. The summed E-state index contributed by atoms with van der Waals surface area (Å²) in [5.74, 6) is -1.79. The molecular formula is C32H29Cl3F2N6O2S. The fraction of sp³-hybridized carbons (Fsp3) is 0.312. The number of nitrogens with two attached hydrogens (primary N) is 1. The minimum absolute atomic E-state index is 0.0913. The van der Waals surface area contributed by atoms with E-state index in [0.717, 1.165) is 6.07 Å². The van der Waals surface area contributed by atoms with Crippen LogP contribution in [0.4, 0.5) is 20.3 Å². The van der Waals surface area contributed by atoms with Gasteiger partial charge in [0.25, 0.3) is 0 Å². The Bertz CT molecular complexity index is 2010. The summed E-state index contributed by atoms with van der Waals surface area (Å²) in [6.07, 6.45) is 2.88. The van der Waals surface area contributed by atoms with Crippen LogP contribution in [-0.2, 0) is 4.79 Å². The molecule has 8 nitrogen and oxygen atoms in total. The molecule has 240 valence electrons. The minimum Gasteiger partial charge on any atom is -0.397 e. The number of amides is 1. The van der Waals surface area contributed by atoms with Crippen LogP contribution in [0.15, 0.2) is 40.7 Å².